The molecule has 0 atom stereocenters. The molecule has 0 spiro atoms. The Morgan fingerprint density at radius 2 is 1.94 bits per heavy atom. The summed E-state index contributed by atoms with van der Waals surface area (Å²) in [7, 11) is 0. The van der Waals surface area contributed by atoms with E-state index >= 15 is 0 Å². The molecule has 3 aromatic rings. The minimum atomic E-state index is -0.748. The van der Waals surface area contributed by atoms with Gasteiger partial charge in [-0.25, -0.2) is 8.78 Å². The molecule has 0 bridgehead atoms. The van der Waals surface area contributed by atoms with Crippen molar-refractivity contribution in [3.63, 3.8) is 0 Å². The van der Waals surface area contributed by atoms with E-state index < -0.39 is 29.7 Å². The Bertz CT molecular complexity index is 1230. The van der Waals surface area contributed by atoms with Crippen LogP contribution in [-0.2, 0) is 17.9 Å². The van der Waals surface area contributed by atoms with Gasteiger partial charge in [-0.2, -0.15) is 0 Å². The van der Waals surface area contributed by atoms with Crippen LogP contribution >= 0.6 is 15.9 Å². The third kappa shape index (κ3) is 5.23. The molecule has 3 rings (SSSR count). The number of ether oxygens (including phenoxy) is 1. The minimum Gasteiger partial charge on any atom is -0.487 e. The lowest BCUT2D eigenvalue weighted by atomic mass is 9.96. The molecule has 0 aliphatic carbocycles. The summed E-state index contributed by atoms with van der Waals surface area (Å²) in [6.45, 7) is 2.98. The summed E-state index contributed by atoms with van der Waals surface area (Å²) in [5.41, 5.74) is 3.24. The third-order valence-electron chi connectivity index (χ3n) is 4.89. The van der Waals surface area contributed by atoms with E-state index in [0.717, 1.165) is 28.8 Å². The van der Waals surface area contributed by atoms with E-state index in [1.165, 1.54) is 6.07 Å². The van der Waals surface area contributed by atoms with Crippen LogP contribution in [0.1, 0.15) is 22.4 Å². The number of aliphatic hydroxyl groups excluding tert-OH is 1. The van der Waals surface area contributed by atoms with Gasteiger partial charge in [-0.3, -0.25) is 9.59 Å². The van der Waals surface area contributed by atoms with E-state index in [0.29, 0.717) is 11.3 Å². The lowest BCUT2D eigenvalue weighted by Crippen LogP contribution is -2.25. The van der Waals surface area contributed by atoms with Gasteiger partial charge in [-0.1, -0.05) is 12.1 Å². The number of aromatic nitrogens is 1. The van der Waals surface area contributed by atoms with Crippen molar-refractivity contribution in [2.24, 2.45) is 0 Å². The number of pyridine rings is 1. The first-order valence-corrected chi connectivity index (χ1v) is 10.5. The molecule has 32 heavy (non-hydrogen) atoms. The van der Waals surface area contributed by atoms with Crippen molar-refractivity contribution in [2.75, 3.05) is 6.61 Å². The molecule has 168 valence electrons. The first kappa shape index (κ1) is 23.6. The highest BCUT2D eigenvalue weighted by Gasteiger charge is 2.20. The van der Waals surface area contributed by atoms with Crippen molar-refractivity contribution in [3.8, 4) is 16.9 Å². The number of hydrogen-bond donors (Lipinski definition) is 3. The van der Waals surface area contributed by atoms with Crippen molar-refractivity contribution >= 4 is 21.8 Å². The number of rotatable bonds is 7. The summed E-state index contributed by atoms with van der Waals surface area (Å²) < 4.78 is 33.3. The maximum atomic E-state index is 14.1. The molecule has 0 fully saturated rings. The Balaban J connectivity index is 2.04. The molecule has 0 saturated carbocycles. The Labute approximate surface area is 191 Å². The molecule has 0 aliphatic rings. The summed E-state index contributed by atoms with van der Waals surface area (Å²) in [5, 5.41) is 11.5. The lowest BCUT2D eigenvalue weighted by molar-refractivity contribution is -0.123. The van der Waals surface area contributed by atoms with E-state index in [1.807, 2.05) is 25.1 Å². The number of benzene rings is 2. The van der Waals surface area contributed by atoms with E-state index in [1.54, 1.807) is 6.92 Å². The Morgan fingerprint density at radius 3 is 2.62 bits per heavy atom. The van der Waals surface area contributed by atoms with E-state index in [9.17, 15) is 18.4 Å². The van der Waals surface area contributed by atoms with Gasteiger partial charge in [0.05, 0.1) is 0 Å². The van der Waals surface area contributed by atoms with Gasteiger partial charge in [0.1, 0.15) is 35.1 Å². The Hall–Kier alpha value is -3.04. The standard InChI is InChI=1S/C23H21BrF2N2O4/c1-12-3-4-14(9-27-19(30)10-29)7-17(12)20-13(2)28-23(31)21(24)22(20)32-11-15-5-6-16(25)8-18(15)26/h3-8,29H,9-11H2,1-2H3,(H,27,30)(H,28,31). The number of hydrogen-bond acceptors (Lipinski definition) is 4. The lowest BCUT2D eigenvalue weighted by Gasteiger charge is -2.18. The van der Waals surface area contributed by atoms with Crippen LogP contribution in [0.2, 0.25) is 0 Å². The summed E-state index contributed by atoms with van der Waals surface area (Å²) in [6, 6.07) is 8.72. The van der Waals surface area contributed by atoms with Gasteiger partial charge in [0, 0.05) is 29.4 Å². The molecule has 9 heteroatoms. The average molecular weight is 507 g/mol. The number of aliphatic hydroxyl groups is 1. The van der Waals surface area contributed by atoms with Crippen LogP contribution in [0.15, 0.2) is 45.7 Å². The van der Waals surface area contributed by atoms with Crippen molar-refractivity contribution in [3.05, 3.63) is 85.2 Å². The second-order valence-corrected chi connectivity index (χ2v) is 8.00. The highest BCUT2D eigenvalue weighted by atomic mass is 79.9. The molecular weight excluding hydrogens is 486 g/mol. The van der Waals surface area contributed by atoms with Crippen LogP contribution < -0.4 is 15.6 Å². The predicted molar refractivity (Wildman–Crippen MR) is 119 cm³/mol. The van der Waals surface area contributed by atoms with E-state index in [4.69, 9.17) is 9.84 Å². The van der Waals surface area contributed by atoms with Gasteiger partial charge in [-0.15, -0.1) is 0 Å². The van der Waals surface area contributed by atoms with Crippen LogP contribution in [0.4, 0.5) is 8.78 Å². The zero-order valence-corrected chi connectivity index (χ0v) is 19.0. The molecule has 2 aromatic carbocycles. The monoisotopic (exact) mass is 506 g/mol. The summed E-state index contributed by atoms with van der Waals surface area (Å²) in [4.78, 5) is 26.5. The molecule has 1 heterocycles. The van der Waals surface area contributed by atoms with Gasteiger partial charge >= 0.3 is 0 Å². The zero-order valence-electron chi connectivity index (χ0n) is 17.4. The number of aryl methyl sites for hydroxylation is 2. The van der Waals surface area contributed by atoms with E-state index in [2.05, 4.69) is 26.2 Å². The van der Waals surface area contributed by atoms with Gasteiger partial charge in [-0.05, 0) is 64.7 Å². The molecule has 0 saturated heterocycles. The zero-order chi connectivity index (χ0) is 23.4. The molecule has 1 aromatic heterocycles. The largest absolute Gasteiger partial charge is 0.487 e. The number of halogens is 3. The normalized spacial score (nSPS) is 10.8. The summed E-state index contributed by atoms with van der Waals surface area (Å²) >= 11 is 3.26. The molecule has 0 radical (unpaired) electrons. The van der Waals surface area contributed by atoms with Crippen LogP contribution in [0, 0.1) is 25.5 Å². The second kappa shape index (κ2) is 10.1. The van der Waals surface area contributed by atoms with Gasteiger partial charge < -0.3 is 20.1 Å². The van der Waals surface area contributed by atoms with Crippen molar-refractivity contribution in [1.29, 1.82) is 0 Å². The smallest absolute Gasteiger partial charge is 0.266 e. The molecule has 0 unspecified atom stereocenters. The van der Waals surface area contributed by atoms with Gasteiger partial charge in [0.2, 0.25) is 5.91 Å². The van der Waals surface area contributed by atoms with Gasteiger partial charge in [0.15, 0.2) is 0 Å². The molecule has 0 aliphatic heterocycles. The maximum Gasteiger partial charge on any atom is 0.266 e. The topological polar surface area (TPSA) is 91.4 Å². The minimum absolute atomic E-state index is 0.138. The number of carbonyl (C=O) groups is 1. The first-order chi connectivity index (χ1) is 15.2. The second-order valence-electron chi connectivity index (χ2n) is 7.21. The summed E-state index contributed by atoms with van der Waals surface area (Å²) in [5.74, 6) is -1.72. The molecule has 6 nitrogen and oxygen atoms in total. The third-order valence-corrected chi connectivity index (χ3v) is 5.61. The van der Waals surface area contributed by atoms with Crippen molar-refractivity contribution in [2.45, 2.75) is 27.0 Å². The first-order valence-electron chi connectivity index (χ1n) is 9.67. The fourth-order valence-corrected chi connectivity index (χ4v) is 3.64. The number of H-pyrrole nitrogens is 1. The number of aromatic amines is 1. The Kier molecular flexibility index (Phi) is 7.42. The summed E-state index contributed by atoms with van der Waals surface area (Å²) in [6.07, 6.45) is 0. The van der Waals surface area contributed by atoms with Crippen molar-refractivity contribution < 1.29 is 23.4 Å². The highest BCUT2D eigenvalue weighted by molar-refractivity contribution is 9.10. The molecule has 1 amide bonds. The SMILES string of the molecule is Cc1ccc(CNC(=O)CO)cc1-c1c(C)[nH]c(=O)c(Br)c1OCc1ccc(F)cc1F. The van der Waals surface area contributed by atoms with Gasteiger partial charge in [0.25, 0.3) is 5.56 Å². The predicted octanol–water partition coefficient (Wildman–Crippen LogP) is 3.89. The Morgan fingerprint density at radius 1 is 1.19 bits per heavy atom. The number of amides is 1. The molecular formula is C23H21BrF2N2O4. The van der Waals surface area contributed by atoms with Crippen LogP contribution in [0.25, 0.3) is 11.1 Å². The maximum absolute atomic E-state index is 14.1. The van der Waals surface area contributed by atoms with Crippen LogP contribution in [-0.4, -0.2) is 22.6 Å². The van der Waals surface area contributed by atoms with E-state index in [-0.39, 0.29) is 28.9 Å². The fraction of sp³-hybridized carbons (Fsp3) is 0.217. The number of nitrogens with one attached hydrogen (secondary N) is 2. The quantitative estimate of drug-likeness (QED) is 0.453. The van der Waals surface area contributed by atoms with Crippen molar-refractivity contribution in [1.82, 2.24) is 10.3 Å². The average Bonchev–Trinajstić information content (AvgIpc) is 2.75. The molecule has 3 N–H and O–H groups in total. The fourth-order valence-electron chi connectivity index (χ4n) is 3.22. The van der Waals surface area contributed by atoms with Crippen LogP contribution in [0.3, 0.4) is 0 Å². The highest BCUT2D eigenvalue weighted by Crippen LogP contribution is 2.38. The van der Waals surface area contributed by atoms with Crippen LogP contribution in [0.5, 0.6) is 5.75 Å². The number of carbonyl (C=O) groups excluding carboxylic acids is 1.